The first-order valence-electron chi connectivity index (χ1n) is 14.5. The summed E-state index contributed by atoms with van der Waals surface area (Å²) < 4.78 is 6.41. The number of likely N-dealkylation sites (tertiary alicyclic amines) is 1. The minimum atomic E-state index is 0.315. The van der Waals surface area contributed by atoms with E-state index in [0.29, 0.717) is 11.8 Å². The number of nitrogens with zero attached hydrogens (tertiary/aromatic N) is 1. The predicted molar refractivity (Wildman–Crippen MR) is 156 cm³/mol. The molecule has 1 saturated carbocycles. The second-order valence-corrected chi connectivity index (χ2v) is 12.2. The first-order valence-corrected chi connectivity index (χ1v) is 15.7. The third-order valence-electron chi connectivity index (χ3n) is 8.61. The van der Waals surface area contributed by atoms with Crippen LogP contribution < -0.4 is 4.90 Å². The zero-order chi connectivity index (χ0) is 26.0. The Labute approximate surface area is 229 Å². The number of aromatic nitrogens is 1. The Hall–Kier alpha value is -2.04. The van der Waals surface area contributed by atoms with Crippen molar-refractivity contribution < 1.29 is 9.32 Å². The summed E-state index contributed by atoms with van der Waals surface area (Å²) in [7, 11) is 0. The number of rotatable bonds is 7. The van der Waals surface area contributed by atoms with E-state index in [-0.39, 0.29) is 0 Å². The third kappa shape index (κ3) is 7.97. The van der Waals surface area contributed by atoms with Crippen LogP contribution >= 0.6 is 11.8 Å². The van der Waals surface area contributed by atoms with Gasteiger partial charge in [-0.15, -0.1) is 11.8 Å². The summed E-state index contributed by atoms with van der Waals surface area (Å²) in [6.07, 6.45) is 13.4. The molecule has 5 rings (SSSR count). The summed E-state index contributed by atoms with van der Waals surface area (Å²) in [4.78, 5) is 7.80. The number of hydrogen-bond acceptors (Lipinski definition) is 3. The van der Waals surface area contributed by atoms with E-state index in [2.05, 4.69) is 81.6 Å². The average Bonchev–Trinajstić information content (AvgIpc) is 3.39. The Balaban J connectivity index is 0.000000301. The number of thioether (sulfide) groups is 1. The molecule has 1 aliphatic heterocycles. The Morgan fingerprint density at radius 1 is 1.00 bits per heavy atom. The van der Waals surface area contributed by atoms with E-state index in [1.165, 1.54) is 74.1 Å². The van der Waals surface area contributed by atoms with Gasteiger partial charge in [0.15, 0.2) is 5.76 Å². The smallest absolute Gasteiger partial charge is 0.202 e. The Morgan fingerprint density at radius 2 is 1.73 bits per heavy atom. The van der Waals surface area contributed by atoms with Crippen molar-refractivity contribution in [3.63, 3.8) is 0 Å². The van der Waals surface area contributed by atoms with E-state index >= 15 is 0 Å². The molecule has 200 valence electrons. The molecule has 1 N–H and O–H groups in total. The van der Waals surface area contributed by atoms with Crippen molar-refractivity contribution in [3.05, 3.63) is 83.6 Å². The molecule has 3 aromatic rings. The summed E-state index contributed by atoms with van der Waals surface area (Å²) in [5, 5.41) is 0. The van der Waals surface area contributed by atoms with Gasteiger partial charge in [-0.25, -0.2) is 4.98 Å². The van der Waals surface area contributed by atoms with Crippen LogP contribution in [0.4, 0.5) is 0 Å². The van der Waals surface area contributed by atoms with E-state index in [4.69, 9.17) is 9.40 Å². The van der Waals surface area contributed by atoms with Gasteiger partial charge in [-0.2, -0.15) is 0 Å². The maximum Gasteiger partial charge on any atom is 0.202 e. The first-order chi connectivity index (χ1) is 18.1. The fraction of sp³-hybridized carbons (Fsp3) is 0.545. The van der Waals surface area contributed by atoms with Crippen molar-refractivity contribution in [2.24, 2.45) is 17.8 Å². The van der Waals surface area contributed by atoms with Gasteiger partial charge < -0.3 is 9.32 Å². The Bertz CT molecular complexity index is 1040. The lowest BCUT2D eigenvalue weighted by atomic mass is 9.77. The van der Waals surface area contributed by atoms with Gasteiger partial charge in [-0.3, -0.25) is 0 Å². The van der Waals surface area contributed by atoms with Crippen LogP contribution in [-0.4, -0.2) is 24.3 Å². The van der Waals surface area contributed by atoms with Crippen molar-refractivity contribution in [1.82, 2.24) is 4.98 Å². The molecule has 4 heteroatoms. The van der Waals surface area contributed by atoms with Crippen LogP contribution in [0.25, 0.3) is 0 Å². The normalized spacial score (nSPS) is 23.2. The molecule has 0 radical (unpaired) electrons. The largest absolute Gasteiger partial charge is 0.439 e. The van der Waals surface area contributed by atoms with E-state index in [9.17, 15) is 0 Å². The quantitative estimate of drug-likeness (QED) is 0.327. The number of aryl methyl sites for hydroxylation is 1. The van der Waals surface area contributed by atoms with Crippen molar-refractivity contribution in [3.8, 4) is 0 Å². The van der Waals surface area contributed by atoms with Gasteiger partial charge in [0.05, 0.1) is 25.2 Å². The zero-order valence-electron chi connectivity index (χ0n) is 23.4. The minimum absolute atomic E-state index is 0.315. The van der Waals surface area contributed by atoms with E-state index in [0.717, 1.165) is 30.0 Å². The van der Waals surface area contributed by atoms with Crippen LogP contribution in [0, 0.1) is 24.7 Å². The standard InChI is InChI=1S/C25H36N2O.C8H10S/c1-3-20-14-15-27(17-19(20)2)18-23-16-26-25(28-23)24(21-10-6-4-7-11-21)22-12-8-5-9-13-22;1-7-3-5-8(9-2)6-4-7/h4,6-7,10-11,16,19-20,22,24H,3,5,8-9,12-15,17-18H2,1-2H3;3-6H,1-2H3/p+1. The van der Waals surface area contributed by atoms with E-state index in [1.807, 2.05) is 6.20 Å². The van der Waals surface area contributed by atoms with Crippen molar-refractivity contribution >= 4 is 11.8 Å². The molecule has 2 aliphatic rings. The molecule has 0 amide bonds. The zero-order valence-corrected chi connectivity index (χ0v) is 24.2. The molecule has 1 aromatic heterocycles. The van der Waals surface area contributed by atoms with Gasteiger partial charge in [0.1, 0.15) is 6.54 Å². The summed E-state index contributed by atoms with van der Waals surface area (Å²) >= 11 is 1.78. The van der Waals surface area contributed by atoms with Crippen LogP contribution in [0.2, 0.25) is 0 Å². The highest BCUT2D eigenvalue weighted by Crippen LogP contribution is 2.40. The Kier molecular flexibility index (Phi) is 10.7. The number of nitrogens with one attached hydrogen (secondary N) is 1. The molecule has 2 aromatic carbocycles. The lowest BCUT2D eigenvalue weighted by Gasteiger charge is -2.33. The highest BCUT2D eigenvalue weighted by molar-refractivity contribution is 7.98. The topological polar surface area (TPSA) is 30.5 Å². The van der Waals surface area contributed by atoms with Crippen LogP contribution in [0.1, 0.15) is 87.5 Å². The maximum absolute atomic E-state index is 6.41. The molecule has 1 saturated heterocycles. The number of hydrogen-bond donors (Lipinski definition) is 1. The predicted octanol–water partition coefficient (Wildman–Crippen LogP) is 7.55. The average molecular weight is 520 g/mol. The summed E-state index contributed by atoms with van der Waals surface area (Å²) in [6.45, 7) is 10.4. The molecular formula is C33H47N2OS+. The maximum atomic E-state index is 6.41. The van der Waals surface area contributed by atoms with Crippen LogP contribution in [0.3, 0.4) is 0 Å². The van der Waals surface area contributed by atoms with Crippen molar-refractivity contribution in [1.29, 1.82) is 0 Å². The van der Waals surface area contributed by atoms with Gasteiger partial charge >= 0.3 is 0 Å². The van der Waals surface area contributed by atoms with E-state index in [1.54, 1.807) is 16.7 Å². The molecule has 4 unspecified atom stereocenters. The number of quaternary nitrogens is 1. The summed E-state index contributed by atoms with van der Waals surface area (Å²) in [6, 6.07) is 19.5. The molecule has 3 nitrogen and oxygen atoms in total. The lowest BCUT2D eigenvalue weighted by molar-refractivity contribution is -0.924. The van der Waals surface area contributed by atoms with Crippen molar-refractivity contribution in [2.75, 3.05) is 19.3 Å². The second kappa shape index (κ2) is 14.2. The minimum Gasteiger partial charge on any atom is -0.439 e. The first kappa shape index (κ1) is 28.0. The number of oxazole rings is 1. The molecule has 4 atom stereocenters. The van der Waals surface area contributed by atoms with E-state index < -0.39 is 0 Å². The molecule has 0 spiro atoms. The van der Waals surface area contributed by atoms with Crippen LogP contribution in [0.5, 0.6) is 0 Å². The van der Waals surface area contributed by atoms with Crippen LogP contribution in [0.15, 0.2) is 70.1 Å². The molecule has 2 heterocycles. The molecule has 0 bridgehead atoms. The SMILES string of the molecule is CCC1CC[NH+](Cc2cnc(C(c3ccccc3)C3CCCCC3)o2)CC1C.CSc1ccc(C)cc1. The van der Waals surface area contributed by atoms with Gasteiger partial charge in [-0.1, -0.05) is 87.6 Å². The van der Waals surface area contributed by atoms with Crippen molar-refractivity contribution in [2.45, 2.75) is 83.1 Å². The van der Waals surface area contributed by atoms with Gasteiger partial charge in [0, 0.05) is 10.8 Å². The van der Waals surface area contributed by atoms with Gasteiger partial charge in [-0.05, 0) is 62.0 Å². The summed E-state index contributed by atoms with van der Waals surface area (Å²) in [5.74, 6) is 4.72. The number of benzene rings is 2. The lowest BCUT2D eigenvalue weighted by Crippen LogP contribution is -3.12. The molecular weight excluding hydrogens is 472 g/mol. The molecule has 2 fully saturated rings. The second-order valence-electron chi connectivity index (χ2n) is 11.3. The summed E-state index contributed by atoms with van der Waals surface area (Å²) in [5.41, 5.74) is 2.69. The third-order valence-corrected chi connectivity index (χ3v) is 9.35. The highest BCUT2D eigenvalue weighted by Gasteiger charge is 2.32. The Morgan fingerprint density at radius 3 is 2.38 bits per heavy atom. The fourth-order valence-corrected chi connectivity index (χ4v) is 6.79. The highest BCUT2D eigenvalue weighted by atomic mass is 32.2. The van der Waals surface area contributed by atoms with Crippen LogP contribution in [-0.2, 0) is 6.54 Å². The number of piperidine rings is 1. The fourth-order valence-electron chi connectivity index (χ4n) is 6.38. The van der Waals surface area contributed by atoms with Gasteiger partial charge in [0.2, 0.25) is 5.89 Å². The molecule has 37 heavy (non-hydrogen) atoms. The monoisotopic (exact) mass is 519 g/mol. The molecule has 1 aliphatic carbocycles. The van der Waals surface area contributed by atoms with Gasteiger partial charge in [0.25, 0.3) is 0 Å².